The number of aliphatic hydroxyl groups is 2. The van der Waals surface area contributed by atoms with Gasteiger partial charge < -0.3 is 24.8 Å². The van der Waals surface area contributed by atoms with Crippen molar-refractivity contribution < 1.29 is 19.4 Å². The predicted molar refractivity (Wildman–Crippen MR) is 95.3 cm³/mol. The van der Waals surface area contributed by atoms with Gasteiger partial charge in [-0.25, -0.2) is 0 Å². The van der Waals surface area contributed by atoms with Gasteiger partial charge in [0.1, 0.15) is 29.8 Å². The monoisotopic (exact) mass is 406 g/mol. The highest BCUT2D eigenvalue weighted by Crippen LogP contribution is 2.35. The lowest BCUT2D eigenvalue weighted by atomic mass is 9.99. The molecule has 6 nitrogen and oxygen atoms in total. The molecule has 0 amide bonds. The van der Waals surface area contributed by atoms with Crippen LogP contribution in [0.1, 0.15) is 41.2 Å². The van der Waals surface area contributed by atoms with Crippen LogP contribution in [0.25, 0.3) is 0 Å². The van der Waals surface area contributed by atoms with Crippen molar-refractivity contribution in [3.63, 3.8) is 0 Å². The van der Waals surface area contributed by atoms with Gasteiger partial charge in [0.15, 0.2) is 0 Å². The van der Waals surface area contributed by atoms with E-state index in [1.807, 2.05) is 31.2 Å². The minimum atomic E-state index is -0.977. The second kappa shape index (κ2) is 6.57. The molecule has 2 aliphatic rings. The van der Waals surface area contributed by atoms with Gasteiger partial charge in [0.05, 0.1) is 18.4 Å². The Morgan fingerprint density at radius 2 is 2.08 bits per heavy atom. The fourth-order valence-corrected chi connectivity index (χ4v) is 3.89. The molecule has 7 heteroatoms. The maximum atomic E-state index is 10.0. The number of hydrogen-bond donors (Lipinski definition) is 3. The lowest BCUT2D eigenvalue weighted by Gasteiger charge is -2.11. The van der Waals surface area contributed by atoms with E-state index in [9.17, 15) is 10.2 Å². The highest BCUT2D eigenvalue weighted by atomic mass is 79.9. The van der Waals surface area contributed by atoms with Crippen molar-refractivity contribution in [1.29, 1.82) is 0 Å². The number of halogens is 1. The van der Waals surface area contributed by atoms with Gasteiger partial charge in [0.2, 0.25) is 0 Å². The van der Waals surface area contributed by atoms with E-state index in [1.54, 1.807) is 0 Å². The Morgan fingerprint density at radius 1 is 1.28 bits per heavy atom. The van der Waals surface area contributed by atoms with Crippen LogP contribution in [0.3, 0.4) is 0 Å². The fourth-order valence-electron chi connectivity index (χ4n) is 3.33. The summed E-state index contributed by atoms with van der Waals surface area (Å²) in [6, 6.07) is 10.0. The Kier molecular flexibility index (Phi) is 4.41. The van der Waals surface area contributed by atoms with Crippen LogP contribution in [-0.4, -0.2) is 34.7 Å². The first-order valence-electron chi connectivity index (χ1n) is 8.19. The molecule has 25 heavy (non-hydrogen) atoms. The summed E-state index contributed by atoms with van der Waals surface area (Å²) in [5, 5.41) is 24.1. The van der Waals surface area contributed by atoms with Crippen molar-refractivity contribution in [2.24, 2.45) is 5.10 Å². The summed E-state index contributed by atoms with van der Waals surface area (Å²) in [7, 11) is 0. The number of aryl methyl sites for hydroxylation is 1. The van der Waals surface area contributed by atoms with Gasteiger partial charge in [-0.1, -0.05) is 34.1 Å². The Morgan fingerprint density at radius 3 is 2.80 bits per heavy atom. The summed E-state index contributed by atoms with van der Waals surface area (Å²) in [5.74, 6) is 1.24. The second-order valence-corrected chi connectivity index (χ2v) is 7.25. The molecule has 132 valence electrons. The van der Waals surface area contributed by atoms with Crippen molar-refractivity contribution >= 4 is 21.6 Å². The van der Waals surface area contributed by atoms with Crippen LogP contribution in [-0.2, 0) is 4.74 Å². The van der Waals surface area contributed by atoms with Crippen LogP contribution < -0.4 is 5.43 Å². The van der Waals surface area contributed by atoms with Crippen LogP contribution in [0.4, 0.5) is 0 Å². The maximum absolute atomic E-state index is 10.0. The standard InChI is InChI=1S/C18H19BrN2O4/c1-9-11(6-16(25-9)18-17(23)15(22)8-24-18)14-7-13(20-21-14)10-4-2-3-5-12(10)19/h2-6,13,15,17-18,20,22-23H,7-8H2,1H3/t13?,15-,17-,18?/m1/s1. The van der Waals surface area contributed by atoms with E-state index in [4.69, 9.17) is 9.15 Å². The predicted octanol–water partition coefficient (Wildman–Crippen LogP) is 2.58. The van der Waals surface area contributed by atoms with Gasteiger partial charge in [0.25, 0.3) is 0 Å². The third kappa shape index (κ3) is 3.01. The van der Waals surface area contributed by atoms with Crippen molar-refractivity contribution in [1.82, 2.24) is 5.43 Å². The molecule has 3 N–H and O–H groups in total. The average Bonchev–Trinajstić information content (AvgIpc) is 3.29. The topological polar surface area (TPSA) is 87.2 Å². The van der Waals surface area contributed by atoms with Gasteiger partial charge >= 0.3 is 0 Å². The van der Waals surface area contributed by atoms with E-state index in [2.05, 4.69) is 32.5 Å². The normalized spacial score (nSPS) is 28.9. The Balaban J connectivity index is 1.55. The molecule has 4 atom stereocenters. The van der Waals surface area contributed by atoms with Crippen molar-refractivity contribution in [2.75, 3.05) is 6.61 Å². The molecule has 2 aromatic rings. The molecule has 1 aromatic heterocycles. The zero-order valence-corrected chi connectivity index (χ0v) is 15.2. The minimum absolute atomic E-state index is 0.0958. The summed E-state index contributed by atoms with van der Waals surface area (Å²) in [4.78, 5) is 0. The molecule has 3 heterocycles. The maximum Gasteiger partial charge on any atom is 0.144 e. The first kappa shape index (κ1) is 16.8. The number of nitrogens with one attached hydrogen (secondary N) is 1. The number of nitrogens with zero attached hydrogens (tertiary/aromatic N) is 1. The number of hydrazone groups is 1. The molecule has 0 saturated carbocycles. The molecular weight excluding hydrogens is 388 g/mol. The fraction of sp³-hybridized carbons (Fsp3) is 0.389. The van der Waals surface area contributed by atoms with Crippen molar-refractivity contribution in [3.8, 4) is 0 Å². The van der Waals surface area contributed by atoms with Gasteiger partial charge in [-0.3, -0.25) is 0 Å². The van der Waals surface area contributed by atoms with Gasteiger partial charge in [-0.2, -0.15) is 5.10 Å². The highest BCUT2D eigenvalue weighted by Gasteiger charge is 2.38. The molecule has 1 fully saturated rings. The van der Waals surface area contributed by atoms with Gasteiger partial charge in [0, 0.05) is 16.5 Å². The van der Waals surface area contributed by atoms with Crippen LogP contribution in [0, 0.1) is 6.92 Å². The molecule has 1 saturated heterocycles. The highest BCUT2D eigenvalue weighted by molar-refractivity contribution is 9.10. The van der Waals surface area contributed by atoms with Crippen LogP contribution >= 0.6 is 15.9 Å². The Hall–Kier alpha value is -1.67. The quantitative estimate of drug-likeness (QED) is 0.728. The number of aliphatic hydroxyl groups excluding tert-OH is 2. The average molecular weight is 407 g/mol. The summed E-state index contributed by atoms with van der Waals surface area (Å²) in [6.45, 7) is 1.97. The second-order valence-electron chi connectivity index (χ2n) is 6.40. The van der Waals surface area contributed by atoms with E-state index < -0.39 is 18.3 Å². The number of furan rings is 1. The van der Waals surface area contributed by atoms with E-state index >= 15 is 0 Å². The Labute approximate surface area is 153 Å². The van der Waals surface area contributed by atoms with E-state index in [0.717, 1.165) is 33.5 Å². The summed E-state index contributed by atoms with van der Waals surface area (Å²) in [5.41, 5.74) is 6.13. The largest absolute Gasteiger partial charge is 0.463 e. The van der Waals surface area contributed by atoms with E-state index in [0.29, 0.717) is 5.76 Å². The first-order valence-corrected chi connectivity index (χ1v) is 8.99. The van der Waals surface area contributed by atoms with Gasteiger partial charge in [-0.15, -0.1) is 0 Å². The number of benzene rings is 1. The lowest BCUT2D eigenvalue weighted by Crippen LogP contribution is -2.24. The van der Waals surface area contributed by atoms with Gasteiger partial charge in [-0.05, 0) is 24.6 Å². The first-order chi connectivity index (χ1) is 12.0. The molecule has 0 spiro atoms. The minimum Gasteiger partial charge on any atom is -0.463 e. The van der Waals surface area contributed by atoms with Crippen LogP contribution in [0.2, 0.25) is 0 Å². The van der Waals surface area contributed by atoms with E-state index in [1.165, 1.54) is 0 Å². The molecule has 0 bridgehead atoms. The van der Waals surface area contributed by atoms with Crippen molar-refractivity contribution in [2.45, 2.75) is 37.7 Å². The zero-order valence-electron chi connectivity index (χ0n) is 13.6. The Bertz CT molecular complexity index is 819. The zero-order chi connectivity index (χ0) is 17.6. The molecule has 2 aliphatic heterocycles. The number of rotatable bonds is 3. The third-order valence-corrected chi connectivity index (χ3v) is 5.43. The summed E-state index contributed by atoms with van der Waals surface area (Å²) in [6.07, 6.45) is -1.77. The molecule has 4 rings (SSSR count). The molecule has 1 aromatic carbocycles. The summed E-state index contributed by atoms with van der Waals surface area (Å²) < 4.78 is 12.3. The smallest absolute Gasteiger partial charge is 0.144 e. The van der Waals surface area contributed by atoms with E-state index in [-0.39, 0.29) is 12.6 Å². The molecule has 0 aliphatic carbocycles. The molecular formula is C18H19BrN2O4. The van der Waals surface area contributed by atoms with Crippen molar-refractivity contribution in [3.05, 3.63) is 57.5 Å². The molecule has 0 radical (unpaired) electrons. The van der Waals surface area contributed by atoms with Crippen LogP contribution in [0.5, 0.6) is 0 Å². The summed E-state index contributed by atoms with van der Waals surface area (Å²) >= 11 is 3.58. The molecule has 2 unspecified atom stereocenters. The lowest BCUT2D eigenvalue weighted by molar-refractivity contribution is 0.0117. The number of hydrogen-bond acceptors (Lipinski definition) is 6. The number of ether oxygens (including phenoxy) is 1. The SMILES string of the molecule is Cc1oc(C2OC[C@@H](O)[C@H]2O)cc1C1=NNC(c2ccccc2Br)C1. The van der Waals surface area contributed by atoms with Crippen LogP contribution in [0.15, 0.2) is 44.3 Å². The third-order valence-electron chi connectivity index (χ3n) is 4.71.